The summed E-state index contributed by atoms with van der Waals surface area (Å²) in [6, 6.07) is 13.2. The van der Waals surface area contributed by atoms with Crippen molar-refractivity contribution in [3.63, 3.8) is 0 Å². The molecule has 0 saturated carbocycles. The van der Waals surface area contributed by atoms with E-state index in [-0.39, 0.29) is 17.0 Å². The van der Waals surface area contributed by atoms with Crippen LogP contribution in [0.4, 0.5) is 5.69 Å². The lowest BCUT2D eigenvalue weighted by atomic mass is 10.2. The van der Waals surface area contributed by atoms with E-state index < -0.39 is 0 Å². The fourth-order valence-corrected chi connectivity index (χ4v) is 1.95. The Hall–Kier alpha value is -2.82. The van der Waals surface area contributed by atoms with Crippen molar-refractivity contribution in [1.29, 1.82) is 0 Å². The Bertz CT molecular complexity index is 797. The van der Waals surface area contributed by atoms with Gasteiger partial charge in [-0.3, -0.25) is 9.78 Å². The normalized spacial score (nSPS) is 10.6. The minimum absolute atomic E-state index is 0.0483. The van der Waals surface area contributed by atoms with Crippen molar-refractivity contribution < 1.29 is 4.74 Å². The number of nitrogens with one attached hydrogen (secondary N) is 1. The molecule has 0 bridgehead atoms. The maximum atomic E-state index is 12.1. The van der Waals surface area contributed by atoms with Gasteiger partial charge in [0.05, 0.1) is 5.52 Å². The monoisotopic (exact) mass is 267 g/mol. The third-order valence-corrected chi connectivity index (χ3v) is 2.99. The van der Waals surface area contributed by atoms with Crippen LogP contribution in [0.5, 0.6) is 5.88 Å². The zero-order valence-corrected chi connectivity index (χ0v) is 10.7. The van der Waals surface area contributed by atoms with Crippen LogP contribution in [0.1, 0.15) is 5.56 Å². The number of pyridine rings is 2. The number of hydrogen-bond acceptors (Lipinski definition) is 4. The molecule has 100 valence electrons. The van der Waals surface area contributed by atoms with Crippen molar-refractivity contribution in [3.05, 3.63) is 64.4 Å². The van der Waals surface area contributed by atoms with Crippen LogP contribution < -0.4 is 15.9 Å². The molecule has 3 aromatic rings. The molecule has 5 heteroatoms. The third kappa shape index (κ3) is 2.21. The fourth-order valence-electron chi connectivity index (χ4n) is 1.95. The average molecular weight is 267 g/mol. The minimum atomic E-state index is -0.317. The van der Waals surface area contributed by atoms with Gasteiger partial charge in [-0.05, 0) is 17.7 Å². The molecule has 1 aromatic carbocycles. The van der Waals surface area contributed by atoms with Crippen molar-refractivity contribution in [1.82, 2.24) is 9.97 Å². The first kappa shape index (κ1) is 12.2. The molecule has 0 fully saturated rings. The third-order valence-electron chi connectivity index (χ3n) is 2.99. The number of anilines is 1. The van der Waals surface area contributed by atoms with Crippen LogP contribution in [-0.4, -0.2) is 9.97 Å². The highest BCUT2D eigenvalue weighted by Gasteiger charge is 2.10. The maximum Gasteiger partial charge on any atom is 0.234 e. The number of ether oxygens (including phenoxy) is 1. The van der Waals surface area contributed by atoms with Gasteiger partial charge in [0, 0.05) is 6.20 Å². The molecule has 0 atom stereocenters. The van der Waals surface area contributed by atoms with Gasteiger partial charge in [0.15, 0.2) is 0 Å². The van der Waals surface area contributed by atoms with Crippen LogP contribution in [0.15, 0.2) is 53.5 Å². The van der Waals surface area contributed by atoms with Crippen molar-refractivity contribution >= 4 is 16.7 Å². The molecule has 3 rings (SSSR count). The predicted octanol–water partition coefficient (Wildman–Crippen LogP) is 2.08. The topological polar surface area (TPSA) is 81.0 Å². The van der Waals surface area contributed by atoms with Crippen molar-refractivity contribution in [3.8, 4) is 5.88 Å². The minimum Gasteiger partial charge on any atom is -0.473 e. The number of benzene rings is 1. The molecular formula is C15H13N3O2. The van der Waals surface area contributed by atoms with E-state index in [0.717, 1.165) is 5.56 Å². The Morgan fingerprint density at radius 2 is 1.95 bits per heavy atom. The summed E-state index contributed by atoms with van der Waals surface area (Å²) in [5, 5.41) is 0. The van der Waals surface area contributed by atoms with Gasteiger partial charge in [0.25, 0.3) is 0 Å². The van der Waals surface area contributed by atoms with Crippen LogP contribution in [0.2, 0.25) is 0 Å². The Balaban J connectivity index is 1.96. The molecule has 5 nitrogen and oxygen atoms in total. The smallest absolute Gasteiger partial charge is 0.234 e. The lowest BCUT2D eigenvalue weighted by Gasteiger charge is -2.09. The summed E-state index contributed by atoms with van der Waals surface area (Å²) in [6.45, 7) is 0.340. The lowest BCUT2D eigenvalue weighted by Crippen LogP contribution is -2.13. The van der Waals surface area contributed by atoms with Gasteiger partial charge in [-0.25, -0.2) is 0 Å². The van der Waals surface area contributed by atoms with E-state index in [1.807, 2.05) is 30.3 Å². The Kier molecular flexibility index (Phi) is 3.09. The van der Waals surface area contributed by atoms with E-state index in [9.17, 15) is 4.79 Å². The highest BCUT2D eigenvalue weighted by molar-refractivity contribution is 5.78. The summed E-state index contributed by atoms with van der Waals surface area (Å²) >= 11 is 0. The highest BCUT2D eigenvalue weighted by atomic mass is 16.5. The van der Waals surface area contributed by atoms with Crippen LogP contribution >= 0.6 is 0 Å². The zero-order valence-electron chi connectivity index (χ0n) is 10.7. The largest absolute Gasteiger partial charge is 0.473 e. The second-order valence-corrected chi connectivity index (χ2v) is 4.37. The molecule has 0 amide bonds. The summed E-state index contributed by atoms with van der Waals surface area (Å²) in [4.78, 5) is 19.1. The molecule has 0 spiro atoms. The number of nitrogen functional groups attached to an aromatic ring is 1. The second-order valence-electron chi connectivity index (χ2n) is 4.37. The van der Waals surface area contributed by atoms with E-state index in [1.165, 1.54) is 0 Å². The van der Waals surface area contributed by atoms with Gasteiger partial charge in [0.1, 0.15) is 17.8 Å². The molecule has 0 unspecified atom stereocenters. The SMILES string of the molecule is Nc1c(OCc2ccccc2)[nH]c2cccnc2c1=O. The second kappa shape index (κ2) is 5.05. The van der Waals surface area contributed by atoms with Crippen molar-refractivity contribution in [2.45, 2.75) is 6.61 Å². The van der Waals surface area contributed by atoms with Gasteiger partial charge in [-0.15, -0.1) is 0 Å². The molecule has 2 aromatic heterocycles. The molecule has 0 aliphatic rings. The lowest BCUT2D eigenvalue weighted by molar-refractivity contribution is 0.296. The zero-order chi connectivity index (χ0) is 13.9. The van der Waals surface area contributed by atoms with Gasteiger partial charge < -0.3 is 15.5 Å². The summed E-state index contributed by atoms with van der Waals surface area (Å²) < 4.78 is 5.60. The van der Waals surface area contributed by atoms with Crippen LogP contribution in [0, 0.1) is 0 Å². The molecule has 3 N–H and O–H groups in total. The number of nitrogens with two attached hydrogens (primary N) is 1. The quantitative estimate of drug-likeness (QED) is 0.761. The van der Waals surface area contributed by atoms with Gasteiger partial charge in [-0.2, -0.15) is 0 Å². The van der Waals surface area contributed by atoms with E-state index >= 15 is 0 Å². The first-order valence-electron chi connectivity index (χ1n) is 6.19. The van der Waals surface area contributed by atoms with E-state index in [1.54, 1.807) is 18.3 Å². The van der Waals surface area contributed by atoms with Crippen LogP contribution in [-0.2, 0) is 6.61 Å². The van der Waals surface area contributed by atoms with Crippen LogP contribution in [0.3, 0.4) is 0 Å². The van der Waals surface area contributed by atoms with E-state index in [2.05, 4.69) is 9.97 Å². The molecule has 0 saturated heterocycles. The van der Waals surface area contributed by atoms with Gasteiger partial charge in [0.2, 0.25) is 11.3 Å². The average Bonchev–Trinajstić information content (AvgIpc) is 2.50. The Morgan fingerprint density at radius 3 is 2.75 bits per heavy atom. The Morgan fingerprint density at radius 1 is 1.15 bits per heavy atom. The molecule has 2 heterocycles. The van der Waals surface area contributed by atoms with Gasteiger partial charge in [-0.1, -0.05) is 30.3 Å². The number of rotatable bonds is 3. The van der Waals surface area contributed by atoms with Crippen molar-refractivity contribution in [2.75, 3.05) is 5.73 Å². The highest BCUT2D eigenvalue weighted by Crippen LogP contribution is 2.19. The molecule has 0 aliphatic carbocycles. The van der Waals surface area contributed by atoms with Gasteiger partial charge >= 0.3 is 0 Å². The summed E-state index contributed by atoms with van der Waals surface area (Å²) in [6.07, 6.45) is 1.56. The first-order chi connectivity index (χ1) is 9.75. The number of fused-ring (bicyclic) bond motifs is 1. The number of hydrogen-bond donors (Lipinski definition) is 2. The molecule has 0 aliphatic heterocycles. The first-order valence-corrected chi connectivity index (χ1v) is 6.19. The number of aromatic nitrogens is 2. The standard InChI is InChI=1S/C15H13N3O2/c16-12-14(19)13-11(7-4-8-17-13)18-15(12)20-9-10-5-2-1-3-6-10/h1-8H,9,16H2,(H,18,19). The fraction of sp³-hybridized carbons (Fsp3) is 0.0667. The molecule has 0 radical (unpaired) electrons. The summed E-state index contributed by atoms with van der Waals surface area (Å²) in [5.41, 5.74) is 7.46. The molecule has 20 heavy (non-hydrogen) atoms. The van der Waals surface area contributed by atoms with E-state index in [0.29, 0.717) is 17.6 Å². The van der Waals surface area contributed by atoms with E-state index in [4.69, 9.17) is 10.5 Å². The van der Waals surface area contributed by atoms with Crippen molar-refractivity contribution in [2.24, 2.45) is 0 Å². The predicted molar refractivity (Wildman–Crippen MR) is 77.6 cm³/mol. The summed E-state index contributed by atoms with van der Waals surface area (Å²) in [5.74, 6) is 0.277. The Labute approximate surface area is 115 Å². The molecular weight excluding hydrogens is 254 g/mol. The maximum absolute atomic E-state index is 12.1. The number of aromatic amines is 1. The van der Waals surface area contributed by atoms with Crippen LogP contribution in [0.25, 0.3) is 11.0 Å². The number of nitrogens with zero attached hydrogens (tertiary/aromatic N) is 1. The number of H-pyrrole nitrogens is 1. The summed E-state index contributed by atoms with van der Waals surface area (Å²) in [7, 11) is 0.